The monoisotopic (exact) mass is 687 g/mol. The van der Waals surface area contributed by atoms with E-state index in [9.17, 15) is 0 Å². The lowest BCUT2D eigenvalue weighted by molar-refractivity contribution is 0.769. The Hall–Kier alpha value is -7.10. The molecule has 0 bridgehead atoms. The van der Waals surface area contributed by atoms with Crippen LogP contribution in [0.3, 0.4) is 0 Å². The summed E-state index contributed by atoms with van der Waals surface area (Å²) in [5, 5.41) is 3.36. The van der Waals surface area contributed by atoms with Crippen molar-refractivity contribution in [1.29, 1.82) is 0 Å². The van der Waals surface area contributed by atoms with Gasteiger partial charge in [0.1, 0.15) is 0 Å². The van der Waals surface area contributed by atoms with Gasteiger partial charge in [-0.05, 0) is 68.8 Å². The molecule has 3 heteroatoms. The molecule has 1 aliphatic rings. The highest BCUT2D eigenvalue weighted by Gasteiger charge is 2.46. The lowest BCUT2D eigenvalue weighted by Gasteiger charge is -2.34. The maximum Gasteiger partial charge on any atom is 0.235 e. The average molecular weight is 688 g/mol. The molecule has 0 radical (unpaired) electrons. The first-order valence-electron chi connectivity index (χ1n) is 18.5. The Bertz CT molecular complexity index is 2990. The van der Waals surface area contributed by atoms with Gasteiger partial charge in [0.15, 0.2) is 0 Å². The lowest BCUT2D eigenvalue weighted by atomic mass is 9.67. The van der Waals surface area contributed by atoms with Crippen LogP contribution in [0.4, 0.5) is 0 Å². The molecule has 0 saturated carbocycles. The largest absolute Gasteiger partial charge is 0.278 e. The second-order valence-electron chi connectivity index (χ2n) is 14.1. The fourth-order valence-electron chi connectivity index (χ4n) is 8.97. The molecule has 2 aromatic heterocycles. The summed E-state index contributed by atoms with van der Waals surface area (Å²) in [6.45, 7) is 0. The van der Waals surface area contributed by atoms with Gasteiger partial charge in [0.25, 0.3) is 0 Å². The molecule has 0 N–H and O–H groups in total. The van der Waals surface area contributed by atoms with Crippen LogP contribution >= 0.6 is 0 Å². The minimum absolute atomic E-state index is 0.520. The Kier molecular flexibility index (Phi) is 6.77. The van der Waals surface area contributed by atoms with Crippen molar-refractivity contribution in [3.8, 4) is 39.5 Å². The molecule has 10 aromatic rings. The van der Waals surface area contributed by atoms with Crippen molar-refractivity contribution in [3.05, 3.63) is 222 Å². The molecule has 8 aromatic carbocycles. The number of nitrogens with zero attached hydrogens (tertiary/aromatic N) is 3. The van der Waals surface area contributed by atoms with E-state index in [2.05, 4.69) is 205 Å². The van der Waals surface area contributed by atoms with E-state index in [0.717, 1.165) is 44.3 Å². The molecule has 0 saturated heterocycles. The first-order chi connectivity index (χ1) is 26.8. The van der Waals surface area contributed by atoms with Gasteiger partial charge in [-0.25, -0.2) is 9.97 Å². The van der Waals surface area contributed by atoms with Crippen molar-refractivity contribution in [2.24, 2.45) is 0 Å². The highest BCUT2D eigenvalue weighted by atomic mass is 15.2. The highest BCUT2D eigenvalue weighted by molar-refractivity contribution is 6.10. The topological polar surface area (TPSA) is 30.7 Å². The Morgan fingerprint density at radius 3 is 1.67 bits per heavy atom. The maximum absolute atomic E-state index is 5.44. The van der Waals surface area contributed by atoms with Crippen molar-refractivity contribution >= 4 is 32.7 Å². The number of benzene rings is 8. The Labute approximate surface area is 313 Å². The van der Waals surface area contributed by atoms with E-state index in [1.807, 2.05) is 0 Å². The molecule has 0 unspecified atom stereocenters. The van der Waals surface area contributed by atoms with Crippen molar-refractivity contribution < 1.29 is 0 Å². The third-order valence-electron chi connectivity index (χ3n) is 11.3. The number of para-hydroxylation sites is 1. The summed E-state index contributed by atoms with van der Waals surface area (Å²) >= 11 is 0. The molecule has 2 heterocycles. The van der Waals surface area contributed by atoms with Crippen LogP contribution in [0.25, 0.3) is 72.2 Å². The third kappa shape index (κ3) is 4.42. The second kappa shape index (κ2) is 12.0. The number of fused-ring (bicyclic) bond motifs is 7. The predicted octanol–water partition coefficient (Wildman–Crippen LogP) is 12.4. The van der Waals surface area contributed by atoms with E-state index in [4.69, 9.17) is 9.97 Å². The summed E-state index contributed by atoms with van der Waals surface area (Å²) in [6, 6.07) is 72.1. The molecule has 11 rings (SSSR count). The minimum Gasteiger partial charge on any atom is -0.278 e. The fourth-order valence-corrected chi connectivity index (χ4v) is 8.97. The smallest absolute Gasteiger partial charge is 0.235 e. The van der Waals surface area contributed by atoms with Crippen LogP contribution < -0.4 is 0 Å². The van der Waals surface area contributed by atoms with Gasteiger partial charge in [0, 0.05) is 21.7 Å². The number of hydrogen-bond acceptors (Lipinski definition) is 2. The van der Waals surface area contributed by atoms with Crippen LogP contribution in [0.5, 0.6) is 0 Å². The van der Waals surface area contributed by atoms with Gasteiger partial charge in [-0.2, -0.15) is 0 Å². The zero-order chi connectivity index (χ0) is 35.6. The molecule has 0 aliphatic heterocycles. The molecule has 252 valence electrons. The van der Waals surface area contributed by atoms with Crippen molar-refractivity contribution in [3.63, 3.8) is 0 Å². The minimum atomic E-state index is -0.520. The standard InChI is InChI=1S/C51H33N3/c1-4-16-34(17-5-1)36-28-30-43-46(32-36)52-50(53-49(43)35-18-6-2-7-19-35)54-47-27-15-12-24-41(47)42-31-29-38(33-48(42)54)51(37-20-8-3-9-21-37)44-25-13-10-22-39(44)40-23-11-14-26-45(40)51/h1-33H. The Balaban J connectivity index is 1.24. The zero-order valence-electron chi connectivity index (χ0n) is 29.4. The Morgan fingerprint density at radius 1 is 0.370 bits per heavy atom. The third-order valence-corrected chi connectivity index (χ3v) is 11.3. The predicted molar refractivity (Wildman–Crippen MR) is 222 cm³/mol. The number of rotatable bonds is 5. The quantitative estimate of drug-likeness (QED) is 0.180. The summed E-state index contributed by atoms with van der Waals surface area (Å²) in [6.07, 6.45) is 0. The molecule has 0 fully saturated rings. The summed E-state index contributed by atoms with van der Waals surface area (Å²) < 4.78 is 2.28. The summed E-state index contributed by atoms with van der Waals surface area (Å²) in [7, 11) is 0. The van der Waals surface area contributed by atoms with Gasteiger partial charge in [-0.1, -0.05) is 176 Å². The maximum atomic E-state index is 5.44. The van der Waals surface area contributed by atoms with E-state index >= 15 is 0 Å². The molecule has 0 spiro atoms. The van der Waals surface area contributed by atoms with E-state index in [-0.39, 0.29) is 0 Å². The molecular formula is C51H33N3. The number of hydrogen-bond donors (Lipinski definition) is 0. The average Bonchev–Trinajstić information content (AvgIpc) is 3.74. The Morgan fingerprint density at radius 2 is 0.944 bits per heavy atom. The summed E-state index contributed by atoms with van der Waals surface area (Å²) in [5.74, 6) is 0.649. The van der Waals surface area contributed by atoms with E-state index < -0.39 is 5.41 Å². The highest BCUT2D eigenvalue weighted by Crippen LogP contribution is 2.56. The second-order valence-corrected chi connectivity index (χ2v) is 14.1. The number of aromatic nitrogens is 3. The van der Waals surface area contributed by atoms with Gasteiger partial charge in [-0.3, -0.25) is 4.57 Å². The molecule has 1 aliphatic carbocycles. The molecule has 54 heavy (non-hydrogen) atoms. The van der Waals surface area contributed by atoms with Crippen LogP contribution in [0, 0.1) is 0 Å². The van der Waals surface area contributed by atoms with Gasteiger partial charge >= 0.3 is 0 Å². The summed E-state index contributed by atoms with van der Waals surface area (Å²) in [5.41, 5.74) is 14.4. The fraction of sp³-hybridized carbons (Fsp3) is 0.0196. The SMILES string of the molecule is c1ccc(-c2ccc3c(-c4ccccc4)nc(-n4c5ccccc5c5ccc(C6(c7ccccc7)c7ccccc7-c7ccccc76)cc54)nc3c2)cc1. The van der Waals surface area contributed by atoms with Crippen LogP contribution in [-0.2, 0) is 5.41 Å². The normalized spacial score (nSPS) is 13.0. The van der Waals surface area contributed by atoms with E-state index in [0.29, 0.717) is 5.95 Å². The molecule has 3 nitrogen and oxygen atoms in total. The lowest BCUT2D eigenvalue weighted by Crippen LogP contribution is -2.28. The van der Waals surface area contributed by atoms with Crippen LogP contribution in [-0.4, -0.2) is 14.5 Å². The van der Waals surface area contributed by atoms with Crippen LogP contribution in [0.15, 0.2) is 200 Å². The van der Waals surface area contributed by atoms with Crippen molar-refractivity contribution in [1.82, 2.24) is 14.5 Å². The molecule has 0 amide bonds. The first kappa shape index (κ1) is 30.5. The van der Waals surface area contributed by atoms with Gasteiger partial charge in [0.05, 0.1) is 27.7 Å². The van der Waals surface area contributed by atoms with E-state index in [1.54, 1.807) is 0 Å². The van der Waals surface area contributed by atoms with Gasteiger partial charge in [0.2, 0.25) is 5.95 Å². The van der Waals surface area contributed by atoms with Crippen LogP contribution in [0.1, 0.15) is 22.3 Å². The van der Waals surface area contributed by atoms with Crippen molar-refractivity contribution in [2.75, 3.05) is 0 Å². The van der Waals surface area contributed by atoms with Crippen LogP contribution in [0.2, 0.25) is 0 Å². The first-order valence-corrected chi connectivity index (χ1v) is 18.5. The molecular weight excluding hydrogens is 655 g/mol. The molecule has 0 atom stereocenters. The summed E-state index contributed by atoms with van der Waals surface area (Å²) in [4.78, 5) is 10.9. The van der Waals surface area contributed by atoms with E-state index in [1.165, 1.54) is 44.2 Å². The van der Waals surface area contributed by atoms with Crippen molar-refractivity contribution in [2.45, 2.75) is 5.41 Å². The van der Waals surface area contributed by atoms with Gasteiger partial charge < -0.3 is 0 Å². The van der Waals surface area contributed by atoms with Gasteiger partial charge in [-0.15, -0.1) is 0 Å². The zero-order valence-corrected chi connectivity index (χ0v) is 29.4.